The predicted molar refractivity (Wildman–Crippen MR) is 106 cm³/mol. The molecule has 2 heterocycles. The van der Waals surface area contributed by atoms with Gasteiger partial charge in [-0.2, -0.15) is 0 Å². The Balaban J connectivity index is 1.65. The second-order valence-electron chi connectivity index (χ2n) is 6.23. The molecule has 0 amide bonds. The summed E-state index contributed by atoms with van der Waals surface area (Å²) in [4.78, 5) is 19.9. The third-order valence-corrected chi connectivity index (χ3v) is 5.40. The molecular weight excluding hydrogens is 377 g/mol. The van der Waals surface area contributed by atoms with Crippen LogP contribution in [-0.4, -0.2) is 25.6 Å². The van der Waals surface area contributed by atoms with Crippen molar-refractivity contribution in [2.75, 3.05) is 0 Å². The van der Waals surface area contributed by atoms with Gasteiger partial charge in [0, 0.05) is 11.9 Å². The number of hydrogen-bond acceptors (Lipinski definition) is 4. The summed E-state index contributed by atoms with van der Waals surface area (Å²) >= 11 is 1.46. The summed E-state index contributed by atoms with van der Waals surface area (Å²) in [5.41, 5.74) is 3.50. The van der Waals surface area contributed by atoms with E-state index in [9.17, 15) is 9.18 Å². The van der Waals surface area contributed by atoms with E-state index in [0.29, 0.717) is 17.9 Å². The number of halogens is 1. The van der Waals surface area contributed by atoms with E-state index >= 15 is 0 Å². The molecule has 0 unspecified atom stereocenters. The van der Waals surface area contributed by atoms with Gasteiger partial charge in [0.15, 0.2) is 5.16 Å². The Hall–Kier alpha value is -3.19. The molecule has 0 fully saturated rings. The van der Waals surface area contributed by atoms with Crippen molar-refractivity contribution in [3.63, 3.8) is 0 Å². The maximum Gasteiger partial charge on any atom is 0.335 e. The monoisotopic (exact) mass is 393 g/mol. The molecule has 4 rings (SSSR count). The third kappa shape index (κ3) is 3.75. The number of aromatic carboxylic acids is 1. The van der Waals surface area contributed by atoms with Crippen molar-refractivity contribution in [2.24, 2.45) is 0 Å². The fraction of sp³-hybridized carbons (Fsp3) is 0.0952. The highest BCUT2D eigenvalue weighted by Gasteiger charge is 2.13. The van der Waals surface area contributed by atoms with E-state index in [1.165, 1.54) is 17.8 Å². The summed E-state index contributed by atoms with van der Waals surface area (Å²) in [6, 6.07) is 15.3. The van der Waals surface area contributed by atoms with Crippen LogP contribution >= 0.6 is 11.8 Å². The summed E-state index contributed by atoms with van der Waals surface area (Å²) in [6.07, 6.45) is 3.44. The molecule has 5 nitrogen and oxygen atoms in total. The highest BCUT2D eigenvalue weighted by Crippen LogP contribution is 2.28. The van der Waals surface area contributed by atoms with E-state index in [1.54, 1.807) is 48.8 Å². The minimum absolute atomic E-state index is 0.233. The number of hydrogen-bond donors (Lipinski definition) is 1. The van der Waals surface area contributed by atoms with E-state index in [1.807, 2.05) is 16.7 Å². The molecular formula is C21H16FN3O2S. The SMILES string of the molecule is O=C(O)c1ccc(Cn2c(SCc3ccccc3F)nc3ccncc32)cc1. The molecule has 0 atom stereocenters. The Kier molecular flexibility index (Phi) is 5.08. The Labute approximate surface area is 164 Å². The first kappa shape index (κ1) is 18.2. The molecule has 0 aliphatic heterocycles. The van der Waals surface area contributed by atoms with Crippen LogP contribution in [-0.2, 0) is 12.3 Å². The molecule has 0 saturated heterocycles. The van der Waals surface area contributed by atoms with Gasteiger partial charge in [0.2, 0.25) is 0 Å². The van der Waals surface area contributed by atoms with Gasteiger partial charge < -0.3 is 9.67 Å². The molecule has 4 aromatic rings. The average Bonchev–Trinajstić information content (AvgIpc) is 3.05. The van der Waals surface area contributed by atoms with Gasteiger partial charge in [0.1, 0.15) is 5.82 Å². The van der Waals surface area contributed by atoms with Crippen molar-refractivity contribution >= 4 is 28.8 Å². The Morgan fingerprint density at radius 1 is 1.11 bits per heavy atom. The van der Waals surface area contributed by atoms with Gasteiger partial charge in [-0.1, -0.05) is 42.1 Å². The molecule has 7 heteroatoms. The zero-order valence-corrected chi connectivity index (χ0v) is 15.6. The Bertz CT molecular complexity index is 1140. The number of rotatable bonds is 6. The molecule has 0 spiro atoms. The van der Waals surface area contributed by atoms with Gasteiger partial charge in [-0.3, -0.25) is 4.98 Å². The molecule has 0 aliphatic rings. The number of carbonyl (C=O) groups is 1. The van der Waals surface area contributed by atoms with Gasteiger partial charge in [-0.05, 0) is 35.4 Å². The highest BCUT2D eigenvalue weighted by molar-refractivity contribution is 7.98. The maximum absolute atomic E-state index is 13.9. The first-order valence-electron chi connectivity index (χ1n) is 8.60. The zero-order chi connectivity index (χ0) is 19.5. The van der Waals surface area contributed by atoms with Crippen LogP contribution in [0, 0.1) is 5.82 Å². The van der Waals surface area contributed by atoms with E-state index in [-0.39, 0.29) is 11.4 Å². The fourth-order valence-corrected chi connectivity index (χ4v) is 3.90. The summed E-state index contributed by atoms with van der Waals surface area (Å²) in [7, 11) is 0. The number of thioether (sulfide) groups is 1. The van der Waals surface area contributed by atoms with Crippen LogP contribution in [0.15, 0.2) is 72.1 Å². The molecule has 0 radical (unpaired) electrons. The fourth-order valence-electron chi connectivity index (χ4n) is 2.90. The van der Waals surface area contributed by atoms with Crippen LogP contribution in [0.1, 0.15) is 21.5 Å². The van der Waals surface area contributed by atoms with Crippen molar-refractivity contribution in [3.8, 4) is 0 Å². The molecule has 0 saturated carbocycles. The minimum atomic E-state index is -0.954. The summed E-state index contributed by atoms with van der Waals surface area (Å²) < 4.78 is 16.0. The van der Waals surface area contributed by atoms with Crippen LogP contribution in [0.25, 0.3) is 11.0 Å². The summed E-state index contributed by atoms with van der Waals surface area (Å²) in [5.74, 6) is -0.727. The number of nitrogens with zero attached hydrogens (tertiary/aromatic N) is 3. The lowest BCUT2D eigenvalue weighted by Gasteiger charge is -2.10. The lowest BCUT2D eigenvalue weighted by Crippen LogP contribution is -2.03. The van der Waals surface area contributed by atoms with E-state index < -0.39 is 5.97 Å². The average molecular weight is 393 g/mol. The highest BCUT2D eigenvalue weighted by atomic mass is 32.2. The van der Waals surface area contributed by atoms with Crippen molar-refractivity contribution < 1.29 is 14.3 Å². The first-order chi connectivity index (χ1) is 13.6. The van der Waals surface area contributed by atoms with Gasteiger partial charge >= 0.3 is 5.97 Å². The number of carboxylic acid groups (broad SMARTS) is 1. The standard InChI is InChI=1S/C21H16FN3O2S/c22-17-4-2-1-3-16(17)13-28-21-24-18-9-10-23-11-19(18)25(21)12-14-5-7-15(8-6-14)20(26)27/h1-11H,12-13H2,(H,26,27). The van der Waals surface area contributed by atoms with Crippen LogP contribution in [0.2, 0.25) is 0 Å². The largest absolute Gasteiger partial charge is 0.478 e. The van der Waals surface area contributed by atoms with Crippen molar-refractivity contribution in [1.82, 2.24) is 14.5 Å². The summed E-state index contributed by atoms with van der Waals surface area (Å²) in [5, 5.41) is 9.82. The Morgan fingerprint density at radius 3 is 2.64 bits per heavy atom. The maximum atomic E-state index is 13.9. The van der Waals surface area contributed by atoms with Gasteiger partial charge in [0.05, 0.1) is 29.3 Å². The number of aromatic nitrogens is 3. The minimum Gasteiger partial charge on any atom is -0.478 e. The molecule has 140 valence electrons. The Morgan fingerprint density at radius 2 is 1.89 bits per heavy atom. The summed E-state index contributed by atoms with van der Waals surface area (Å²) in [6.45, 7) is 0.516. The third-order valence-electron chi connectivity index (χ3n) is 4.37. The number of fused-ring (bicyclic) bond motifs is 1. The van der Waals surface area contributed by atoms with E-state index in [0.717, 1.165) is 21.8 Å². The molecule has 1 N–H and O–H groups in total. The first-order valence-corrected chi connectivity index (χ1v) is 9.59. The van der Waals surface area contributed by atoms with Crippen LogP contribution in [0.5, 0.6) is 0 Å². The van der Waals surface area contributed by atoms with Crippen LogP contribution in [0.3, 0.4) is 0 Å². The van der Waals surface area contributed by atoms with Gasteiger partial charge in [-0.25, -0.2) is 14.2 Å². The number of pyridine rings is 1. The lowest BCUT2D eigenvalue weighted by molar-refractivity contribution is 0.0697. The smallest absolute Gasteiger partial charge is 0.335 e. The van der Waals surface area contributed by atoms with Crippen molar-refractivity contribution in [2.45, 2.75) is 17.5 Å². The van der Waals surface area contributed by atoms with Gasteiger partial charge in [-0.15, -0.1) is 0 Å². The second-order valence-corrected chi connectivity index (χ2v) is 7.17. The normalized spacial score (nSPS) is 11.0. The lowest BCUT2D eigenvalue weighted by atomic mass is 10.1. The molecule has 0 aliphatic carbocycles. The number of imidazole rings is 1. The predicted octanol–water partition coefficient (Wildman–Crippen LogP) is 4.61. The molecule has 2 aromatic carbocycles. The van der Waals surface area contributed by atoms with E-state index in [2.05, 4.69) is 9.97 Å². The zero-order valence-electron chi connectivity index (χ0n) is 14.7. The number of benzene rings is 2. The number of carboxylic acids is 1. The van der Waals surface area contributed by atoms with Gasteiger partial charge in [0.25, 0.3) is 0 Å². The molecule has 0 bridgehead atoms. The topological polar surface area (TPSA) is 68.0 Å². The van der Waals surface area contributed by atoms with Crippen LogP contribution < -0.4 is 0 Å². The molecule has 2 aromatic heterocycles. The van der Waals surface area contributed by atoms with Crippen molar-refractivity contribution in [3.05, 3.63) is 89.5 Å². The quantitative estimate of drug-likeness (QED) is 0.485. The molecule has 28 heavy (non-hydrogen) atoms. The van der Waals surface area contributed by atoms with Crippen LogP contribution in [0.4, 0.5) is 4.39 Å². The van der Waals surface area contributed by atoms with E-state index in [4.69, 9.17) is 5.11 Å². The second kappa shape index (κ2) is 7.82. The van der Waals surface area contributed by atoms with Crippen molar-refractivity contribution in [1.29, 1.82) is 0 Å².